The molecule has 0 saturated heterocycles. The number of carbonyl (C=O) groups is 4. The van der Waals surface area contributed by atoms with E-state index in [2.05, 4.69) is 13.8 Å². The van der Waals surface area contributed by atoms with Crippen molar-refractivity contribution < 1.29 is 38.5 Å². The fraction of sp³-hybridized carbons (Fsp3) is 0.918. The van der Waals surface area contributed by atoms with E-state index in [9.17, 15) is 19.2 Å². The van der Waals surface area contributed by atoms with Crippen molar-refractivity contribution >= 4 is 23.9 Å². The van der Waals surface area contributed by atoms with Gasteiger partial charge in [-0.3, -0.25) is 19.2 Å². The molecule has 0 radical (unpaired) electrons. The summed E-state index contributed by atoms with van der Waals surface area (Å²) in [5.41, 5.74) is 0. The molecule has 1 N–H and O–H groups in total. The maximum absolute atomic E-state index is 12.9. The zero-order chi connectivity index (χ0) is 41.7. The lowest BCUT2D eigenvalue weighted by molar-refractivity contribution is -0.161. The first-order valence-corrected chi connectivity index (χ1v) is 24.6. The van der Waals surface area contributed by atoms with Crippen molar-refractivity contribution in [1.29, 1.82) is 0 Å². The van der Waals surface area contributed by atoms with Crippen molar-refractivity contribution in [3.05, 3.63) is 0 Å². The van der Waals surface area contributed by atoms with Gasteiger partial charge in [0.15, 0.2) is 0 Å². The van der Waals surface area contributed by atoms with Crippen molar-refractivity contribution in [1.82, 2.24) is 0 Å². The third-order valence-electron chi connectivity index (χ3n) is 11.2. The number of hydrogen-bond acceptors (Lipinski definition) is 7. The lowest BCUT2D eigenvalue weighted by atomic mass is 10.0. The topological polar surface area (TPSA) is 116 Å². The molecule has 57 heavy (non-hydrogen) atoms. The van der Waals surface area contributed by atoms with Crippen LogP contribution in [0.3, 0.4) is 0 Å². The second-order valence-corrected chi connectivity index (χ2v) is 16.9. The Balaban J connectivity index is 4.00. The Morgan fingerprint density at radius 3 is 0.982 bits per heavy atom. The van der Waals surface area contributed by atoms with Crippen LogP contribution >= 0.6 is 0 Å². The number of carboxylic acids is 1. The average molecular weight is 809 g/mol. The lowest BCUT2D eigenvalue weighted by Gasteiger charge is -2.16. The first-order chi connectivity index (χ1) is 27.9. The maximum atomic E-state index is 12.9. The molecule has 0 aliphatic carbocycles. The van der Waals surface area contributed by atoms with Crippen molar-refractivity contribution in [2.45, 2.75) is 264 Å². The second kappa shape index (κ2) is 45.0. The zero-order valence-electron chi connectivity index (χ0n) is 37.6. The highest BCUT2D eigenvalue weighted by Crippen LogP contribution is 2.17. The van der Waals surface area contributed by atoms with Gasteiger partial charge in [-0.25, -0.2) is 0 Å². The molecule has 1 unspecified atom stereocenters. The molecule has 1 atom stereocenters. The SMILES string of the molecule is CCCCCCCCCCCCCCCCCCCCOC(=O)CC(COC(=O)CCC(=O)O)C(=O)OCCCCCCCCCCCCCCCCCCCC. The maximum Gasteiger partial charge on any atom is 0.313 e. The molecule has 0 bridgehead atoms. The van der Waals surface area contributed by atoms with E-state index in [-0.39, 0.29) is 32.5 Å². The first-order valence-electron chi connectivity index (χ1n) is 24.6. The van der Waals surface area contributed by atoms with Gasteiger partial charge < -0.3 is 19.3 Å². The Kier molecular flexibility index (Phi) is 43.3. The molecule has 0 aromatic rings. The van der Waals surface area contributed by atoms with Crippen LogP contribution in [0, 0.1) is 5.92 Å². The molecule has 8 nitrogen and oxygen atoms in total. The molecule has 0 heterocycles. The van der Waals surface area contributed by atoms with Crippen molar-refractivity contribution in [3.8, 4) is 0 Å². The van der Waals surface area contributed by atoms with Gasteiger partial charge in [-0.2, -0.15) is 0 Å². The molecule has 0 amide bonds. The van der Waals surface area contributed by atoms with Gasteiger partial charge >= 0.3 is 23.9 Å². The Bertz CT molecular complexity index is 906. The molecule has 8 heteroatoms. The van der Waals surface area contributed by atoms with Crippen LogP contribution in [-0.2, 0) is 33.4 Å². The average Bonchev–Trinajstić information content (AvgIpc) is 3.20. The zero-order valence-corrected chi connectivity index (χ0v) is 37.6. The summed E-state index contributed by atoms with van der Waals surface area (Å²) in [6.07, 6.45) is 45.4. The van der Waals surface area contributed by atoms with E-state index < -0.39 is 29.8 Å². The van der Waals surface area contributed by atoms with Crippen LogP contribution in [0.15, 0.2) is 0 Å². The second-order valence-electron chi connectivity index (χ2n) is 16.9. The third kappa shape index (κ3) is 43.3. The van der Waals surface area contributed by atoms with Crippen molar-refractivity contribution in [3.63, 3.8) is 0 Å². The van der Waals surface area contributed by atoms with E-state index in [0.717, 1.165) is 38.5 Å². The van der Waals surface area contributed by atoms with Gasteiger partial charge in [0, 0.05) is 0 Å². The van der Waals surface area contributed by atoms with Gasteiger partial charge in [0.1, 0.15) is 12.5 Å². The van der Waals surface area contributed by atoms with Crippen molar-refractivity contribution in [2.24, 2.45) is 5.92 Å². The third-order valence-corrected chi connectivity index (χ3v) is 11.2. The van der Waals surface area contributed by atoms with Gasteiger partial charge in [0.25, 0.3) is 0 Å². The molecule has 0 aliphatic rings. The minimum Gasteiger partial charge on any atom is -0.481 e. The summed E-state index contributed by atoms with van der Waals surface area (Å²) < 4.78 is 16.0. The predicted octanol–water partition coefficient (Wildman–Crippen LogP) is 14.6. The fourth-order valence-corrected chi connectivity index (χ4v) is 7.43. The number of carbonyl (C=O) groups excluding carboxylic acids is 3. The summed E-state index contributed by atoms with van der Waals surface area (Å²) in [5, 5.41) is 8.84. The van der Waals surface area contributed by atoms with E-state index in [1.54, 1.807) is 0 Å². The smallest absolute Gasteiger partial charge is 0.313 e. The van der Waals surface area contributed by atoms with Crippen LogP contribution in [0.1, 0.15) is 264 Å². The Labute approximate surface area is 351 Å². The number of rotatable bonds is 46. The molecular weight excluding hydrogens is 717 g/mol. The van der Waals surface area contributed by atoms with E-state index in [1.165, 1.54) is 193 Å². The quantitative estimate of drug-likeness (QED) is 0.0367. The Hall–Kier alpha value is -2.12. The van der Waals surface area contributed by atoms with Crippen LogP contribution in [0.2, 0.25) is 0 Å². The summed E-state index contributed by atoms with van der Waals surface area (Å²) in [6, 6.07) is 0. The standard InChI is InChI=1S/C49H92O8/c1-3-5-7-9-11-13-15-17-19-21-23-25-27-29-31-33-35-37-41-55-48(53)43-45(44-57-47(52)40-39-46(50)51)49(54)56-42-38-36-34-32-30-28-26-24-22-20-18-16-14-12-10-8-6-4-2/h45H,3-44H2,1-2H3,(H,50,51). The molecule has 0 aromatic carbocycles. The van der Waals surface area contributed by atoms with Crippen molar-refractivity contribution in [2.75, 3.05) is 19.8 Å². The summed E-state index contributed by atoms with van der Waals surface area (Å²) in [4.78, 5) is 48.3. The largest absolute Gasteiger partial charge is 0.481 e. The highest BCUT2D eigenvalue weighted by Gasteiger charge is 2.26. The predicted molar refractivity (Wildman–Crippen MR) is 235 cm³/mol. The molecule has 0 spiro atoms. The number of hydrogen-bond donors (Lipinski definition) is 1. The van der Waals surface area contributed by atoms with Gasteiger partial charge in [-0.1, -0.05) is 232 Å². The number of esters is 3. The lowest BCUT2D eigenvalue weighted by Crippen LogP contribution is -2.28. The van der Waals surface area contributed by atoms with Crippen LogP contribution in [0.4, 0.5) is 0 Å². The molecule has 0 fully saturated rings. The number of aliphatic carboxylic acids is 1. The van der Waals surface area contributed by atoms with Gasteiger partial charge in [0.05, 0.1) is 32.5 Å². The summed E-state index contributed by atoms with van der Waals surface area (Å²) in [6.45, 7) is 4.78. The number of unbranched alkanes of at least 4 members (excludes halogenated alkanes) is 34. The summed E-state index contributed by atoms with van der Waals surface area (Å²) in [5.74, 6) is -3.89. The summed E-state index contributed by atoms with van der Waals surface area (Å²) in [7, 11) is 0. The van der Waals surface area contributed by atoms with Crippen LogP contribution in [0.5, 0.6) is 0 Å². The molecule has 0 aliphatic heterocycles. The normalized spacial score (nSPS) is 11.8. The van der Waals surface area contributed by atoms with Crippen LogP contribution in [-0.4, -0.2) is 48.8 Å². The molecule has 336 valence electrons. The van der Waals surface area contributed by atoms with Gasteiger partial charge in [0.2, 0.25) is 0 Å². The number of ether oxygens (including phenoxy) is 3. The van der Waals surface area contributed by atoms with Gasteiger partial charge in [-0.15, -0.1) is 0 Å². The Morgan fingerprint density at radius 2 is 0.667 bits per heavy atom. The minimum absolute atomic E-state index is 0.233. The minimum atomic E-state index is -1.10. The fourth-order valence-electron chi connectivity index (χ4n) is 7.43. The molecule has 0 aromatic heterocycles. The monoisotopic (exact) mass is 809 g/mol. The van der Waals surface area contributed by atoms with Gasteiger partial charge in [-0.05, 0) is 12.8 Å². The highest BCUT2D eigenvalue weighted by atomic mass is 16.6. The van der Waals surface area contributed by atoms with E-state index in [4.69, 9.17) is 19.3 Å². The summed E-state index contributed by atoms with van der Waals surface area (Å²) >= 11 is 0. The van der Waals surface area contributed by atoms with E-state index in [0.29, 0.717) is 6.61 Å². The van der Waals surface area contributed by atoms with E-state index >= 15 is 0 Å². The Morgan fingerprint density at radius 1 is 0.368 bits per heavy atom. The van der Waals surface area contributed by atoms with Crippen LogP contribution in [0.25, 0.3) is 0 Å². The first kappa shape index (κ1) is 54.9. The van der Waals surface area contributed by atoms with Crippen LogP contribution < -0.4 is 0 Å². The molecular formula is C49H92O8. The van der Waals surface area contributed by atoms with E-state index in [1.807, 2.05) is 0 Å². The molecule has 0 rings (SSSR count). The highest BCUT2D eigenvalue weighted by molar-refractivity contribution is 5.81. The number of carboxylic acid groups (broad SMARTS) is 1. The molecule has 0 saturated carbocycles.